The summed E-state index contributed by atoms with van der Waals surface area (Å²) in [6, 6.07) is 25.5. The summed E-state index contributed by atoms with van der Waals surface area (Å²) in [6.45, 7) is 1.25. The van der Waals surface area contributed by atoms with E-state index in [1.165, 1.54) is 27.1 Å². The molecule has 188 valence electrons. The van der Waals surface area contributed by atoms with Gasteiger partial charge in [0.25, 0.3) is 0 Å². The Morgan fingerprint density at radius 1 is 0.784 bits per heavy atom. The number of fused-ring (bicyclic) bond motifs is 5. The molecule has 5 heteroatoms. The van der Waals surface area contributed by atoms with Crippen LogP contribution in [0.15, 0.2) is 89.8 Å². The topological polar surface area (TPSA) is 49.4 Å². The first-order valence-corrected chi connectivity index (χ1v) is 15.0. The van der Waals surface area contributed by atoms with Gasteiger partial charge in [0.1, 0.15) is 0 Å². The van der Waals surface area contributed by atoms with Gasteiger partial charge in [-0.05, 0) is 82.1 Å². The zero-order valence-corrected chi connectivity index (χ0v) is 21.8. The molecule has 3 aliphatic rings. The van der Waals surface area contributed by atoms with Crippen LogP contribution in [0.1, 0.15) is 55.2 Å². The van der Waals surface area contributed by atoms with Crippen molar-refractivity contribution in [2.24, 2.45) is 5.92 Å². The first-order chi connectivity index (χ1) is 18.1. The monoisotopic (exact) mass is 508 g/mol. The number of hydrogen-bond donors (Lipinski definition) is 1. The van der Waals surface area contributed by atoms with Crippen molar-refractivity contribution >= 4 is 37.3 Å². The molecular weight excluding hydrogens is 476 g/mol. The molecule has 1 fully saturated rings. The maximum absolute atomic E-state index is 13.6. The van der Waals surface area contributed by atoms with Crippen molar-refractivity contribution in [3.05, 3.63) is 96.1 Å². The van der Waals surface area contributed by atoms with Crippen LogP contribution in [0.25, 0.3) is 21.5 Å². The van der Waals surface area contributed by atoms with Crippen molar-refractivity contribution in [2.45, 2.75) is 49.0 Å². The van der Waals surface area contributed by atoms with E-state index in [0.717, 1.165) is 43.4 Å². The number of sulfonamides is 1. The van der Waals surface area contributed by atoms with E-state index < -0.39 is 10.0 Å². The van der Waals surface area contributed by atoms with Crippen LogP contribution in [0.4, 0.5) is 5.69 Å². The van der Waals surface area contributed by atoms with Gasteiger partial charge in [0.2, 0.25) is 10.0 Å². The second kappa shape index (κ2) is 9.00. The molecule has 0 amide bonds. The van der Waals surface area contributed by atoms with Gasteiger partial charge in [0, 0.05) is 24.7 Å². The normalized spacial score (nSPS) is 23.9. The second-order valence-corrected chi connectivity index (χ2v) is 12.7. The van der Waals surface area contributed by atoms with Crippen molar-refractivity contribution in [2.75, 3.05) is 18.4 Å². The van der Waals surface area contributed by atoms with Gasteiger partial charge in [-0.25, -0.2) is 8.42 Å². The van der Waals surface area contributed by atoms with E-state index in [2.05, 4.69) is 72.1 Å². The third-order valence-corrected chi connectivity index (χ3v) is 10.6. The Bertz CT molecular complexity index is 1580. The lowest BCUT2D eigenvalue weighted by Crippen LogP contribution is -2.33. The molecule has 2 heterocycles. The van der Waals surface area contributed by atoms with Gasteiger partial charge < -0.3 is 5.32 Å². The van der Waals surface area contributed by atoms with Crippen LogP contribution >= 0.6 is 0 Å². The number of benzene rings is 4. The van der Waals surface area contributed by atoms with Crippen molar-refractivity contribution in [1.29, 1.82) is 0 Å². The highest BCUT2D eigenvalue weighted by molar-refractivity contribution is 7.89. The second-order valence-electron chi connectivity index (χ2n) is 10.8. The zero-order valence-electron chi connectivity index (χ0n) is 20.9. The molecule has 1 aliphatic carbocycles. The molecule has 0 bridgehead atoms. The summed E-state index contributed by atoms with van der Waals surface area (Å²) in [6.07, 6.45) is 9.66. The summed E-state index contributed by atoms with van der Waals surface area (Å²) < 4.78 is 28.9. The molecule has 4 aromatic carbocycles. The van der Waals surface area contributed by atoms with Gasteiger partial charge in [-0.15, -0.1) is 0 Å². The van der Waals surface area contributed by atoms with Crippen LogP contribution in [-0.4, -0.2) is 25.8 Å². The Morgan fingerprint density at radius 2 is 1.46 bits per heavy atom. The fourth-order valence-corrected chi connectivity index (χ4v) is 8.39. The van der Waals surface area contributed by atoms with Crippen molar-refractivity contribution in [1.82, 2.24) is 4.31 Å². The summed E-state index contributed by atoms with van der Waals surface area (Å²) in [5.41, 5.74) is 3.50. The maximum Gasteiger partial charge on any atom is 0.243 e. The highest BCUT2D eigenvalue weighted by Gasteiger charge is 2.40. The molecule has 3 unspecified atom stereocenters. The standard InChI is InChI=1S/C32H32N2O2S/c35-37(36,34-18-7-1-2-8-19-34)24-16-17-30-29(21-24)27-14-9-15-28(27)32(33-30)31-25-12-5-3-10-22(25)20-23-11-4-6-13-26(23)31/h3-6,9-14,16-17,20-21,27-28,32-33H,1-2,7-8,15,18-19H2. The lowest BCUT2D eigenvalue weighted by atomic mass is 9.75. The Hall–Kier alpha value is -3.15. The third kappa shape index (κ3) is 3.79. The van der Waals surface area contributed by atoms with Crippen LogP contribution in [0.2, 0.25) is 0 Å². The van der Waals surface area contributed by atoms with Gasteiger partial charge in [0.05, 0.1) is 10.9 Å². The van der Waals surface area contributed by atoms with E-state index >= 15 is 0 Å². The predicted octanol–water partition coefficient (Wildman–Crippen LogP) is 7.38. The molecule has 0 radical (unpaired) electrons. The molecule has 3 atom stereocenters. The molecule has 1 N–H and O–H groups in total. The van der Waals surface area contributed by atoms with Crippen molar-refractivity contribution < 1.29 is 8.42 Å². The SMILES string of the molecule is O=S(=O)(c1ccc2c(c1)C1C=CCC1C(c1c3ccccc3cc3ccccc13)N2)N1CCCCCC1. The number of hydrogen-bond acceptors (Lipinski definition) is 3. The summed E-state index contributed by atoms with van der Waals surface area (Å²) in [5, 5.41) is 8.97. The lowest BCUT2D eigenvalue weighted by Gasteiger charge is -2.39. The van der Waals surface area contributed by atoms with Gasteiger partial charge in [-0.1, -0.05) is 73.5 Å². The van der Waals surface area contributed by atoms with Crippen LogP contribution < -0.4 is 5.32 Å². The Balaban J connectivity index is 1.34. The Labute approximate surface area is 219 Å². The molecule has 1 saturated heterocycles. The zero-order chi connectivity index (χ0) is 25.0. The molecule has 0 spiro atoms. The summed E-state index contributed by atoms with van der Waals surface area (Å²) >= 11 is 0. The summed E-state index contributed by atoms with van der Waals surface area (Å²) in [7, 11) is -3.49. The van der Waals surface area contributed by atoms with Crippen LogP contribution in [0.5, 0.6) is 0 Å². The third-order valence-electron chi connectivity index (χ3n) is 8.66. The molecule has 37 heavy (non-hydrogen) atoms. The summed E-state index contributed by atoms with van der Waals surface area (Å²) in [4.78, 5) is 0.433. The average Bonchev–Trinajstić information content (AvgIpc) is 3.26. The van der Waals surface area contributed by atoms with E-state index in [0.29, 0.717) is 23.9 Å². The predicted molar refractivity (Wildman–Crippen MR) is 151 cm³/mol. The first kappa shape index (κ1) is 23.0. The van der Waals surface area contributed by atoms with E-state index in [4.69, 9.17) is 0 Å². The van der Waals surface area contributed by atoms with Crippen molar-refractivity contribution in [3.63, 3.8) is 0 Å². The molecule has 0 saturated carbocycles. The Morgan fingerprint density at radius 3 is 2.16 bits per heavy atom. The van der Waals surface area contributed by atoms with Crippen LogP contribution in [0.3, 0.4) is 0 Å². The van der Waals surface area contributed by atoms with Gasteiger partial charge in [0.15, 0.2) is 0 Å². The smallest absolute Gasteiger partial charge is 0.243 e. The lowest BCUT2D eigenvalue weighted by molar-refractivity contribution is 0.421. The minimum atomic E-state index is -3.49. The van der Waals surface area contributed by atoms with Crippen molar-refractivity contribution in [3.8, 4) is 0 Å². The molecule has 7 rings (SSSR count). The molecular formula is C32H32N2O2S. The molecule has 2 aliphatic heterocycles. The fourth-order valence-electron chi connectivity index (χ4n) is 6.83. The number of nitrogens with zero attached hydrogens (tertiary/aromatic N) is 1. The number of nitrogens with one attached hydrogen (secondary N) is 1. The number of allylic oxidation sites excluding steroid dienone is 2. The Kier molecular flexibility index (Phi) is 5.60. The van der Waals surface area contributed by atoms with Crippen LogP contribution in [-0.2, 0) is 10.0 Å². The van der Waals surface area contributed by atoms with Gasteiger partial charge >= 0.3 is 0 Å². The van der Waals surface area contributed by atoms with E-state index in [1.54, 1.807) is 4.31 Å². The molecule has 4 nitrogen and oxygen atoms in total. The molecule has 4 aromatic rings. The first-order valence-electron chi connectivity index (χ1n) is 13.6. The number of anilines is 1. The van der Waals surface area contributed by atoms with Gasteiger partial charge in [-0.3, -0.25) is 0 Å². The minimum Gasteiger partial charge on any atom is -0.378 e. The van der Waals surface area contributed by atoms with E-state index in [9.17, 15) is 8.42 Å². The highest BCUT2D eigenvalue weighted by atomic mass is 32.2. The summed E-state index contributed by atoms with van der Waals surface area (Å²) in [5.74, 6) is 0.524. The highest BCUT2D eigenvalue weighted by Crippen LogP contribution is 2.52. The quantitative estimate of drug-likeness (QED) is 0.232. The van der Waals surface area contributed by atoms with E-state index in [-0.39, 0.29) is 12.0 Å². The fraction of sp³-hybridized carbons (Fsp3) is 0.312. The van der Waals surface area contributed by atoms with E-state index in [1.807, 2.05) is 18.2 Å². The number of rotatable bonds is 3. The molecule has 0 aromatic heterocycles. The van der Waals surface area contributed by atoms with Gasteiger partial charge in [-0.2, -0.15) is 4.31 Å². The minimum absolute atomic E-state index is 0.136. The average molecular weight is 509 g/mol. The van der Waals surface area contributed by atoms with Crippen LogP contribution in [0, 0.1) is 5.92 Å². The maximum atomic E-state index is 13.6. The largest absolute Gasteiger partial charge is 0.378 e.